The largest absolute Gasteiger partial charge is 0.424 e. The Kier molecular flexibility index (Phi) is 4.84. The van der Waals surface area contributed by atoms with E-state index in [1.807, 2.05) is 25.1 Å². The van der Waals surface area contributed by atoms with Gasteiger partial charge in [-0.05, 0) is 37.0 Å². The Morgan fingerprint density at radius 3 is 2.87 bits per heavy atom. The molecular formula is C18H25N3O2. The van der Waals surface area contributed by atoms with E-state index in [0.717, 1.165) is 23.1 Å². The van der Waals surface area contributed by atoms with Crippen LogP contribution in [-0.2, 0) is 4.79 Å². The van der Waals surface area contributed by atoms with Crippen LogP contribution in [0.15, 0.2) is 22.6 Å². The fourth-order valence-electron chi connectivity index (χ4n) is 3.41. The topological polar surface area (TPSA) is 67.2 Å². The molecule has 5 heteroatoms. The van der Waals surface area contributed by atoms with Crippen molar-refractivity contribution in [3.63, 3.8) is 0 Å². The average Bonchev–Trinajstić information content (AvgIpc) is 2.96. The van der Waals surface area contributed by atoms with E-state index in [9.17, 15) is 4.79 Å². The quantitative estimate of drug-likeness (QED) is 0.884. The zero-order valence-corrected chi connectivity index (χ0v) is 13.9. The molecule has 1 aliphatic carbocycles. The van der Waals surface area contributed by atoms with E-state index in [2.05, 4.69) is 15.6 Å². The lowest BCUT2D eigenvalue weighted by Gasteiger charge is -2.25. The monoisotopic (exact) mass is 315 g/mol. The molecule has 2 N–H and O–H groups in total. The summed E-state index contributed by atoms with van der Waals surface area (Å²) in [4.78, 5) is 16.7. The van der Waals surface area contributed by atoms with Crippen molar-refractivity contribution in [2.75, 3.05) is 12.4 Å². The van der Waals surface area contributed by atoms with Crippen molar-refractivity contribution < 1.29 is 9.21 Å². The van der Waals surface area contributed by atoms with Gasteiger partial charge in [0.15, 0.2) is 5.58 Å². The second-order valence-electron chi connectivity index (χ2n) is 6.54. The molecule has 0 bridgehead atoms. The van der Waals surface area contributed by atoms with E-state index < -0.39 is 0 Å². The number of aryl methyl sites for hydroxylation is 1. The predicted octanol–water partition coefficient (Wildman–Crippen LogP) is 3.63. The van der Waals surface area contributed by atoms with Crippen molar-refractivity contribution in [1.82, 2.24) is 10.3 Å². The number of amides is 1. The molecular weight excluding hydrogens is 290 g/mol. The molecule has 3 rings (SSSR count). The molecule has 0 saturated heterocycles. The van der Waals surface area contributed by atoms with Crippen LogP contribution in [0.3, 0.4) is 0 Å². The number of hydrogen-bond donors (Lipinski definition) is 2. The molecule has 1 heterocycles. The van der Waals surface area contributed by atoms with Crippen LogP contribution in [0.1, 0.15) is 44.1 Å². The Morgan fingerprint density at radius 2 is 2.13 bits per heavy atom. The third kappa shape index (κ3) is 3.84. The average molecular weight is 315 g/mol. The summed E-state index contributed by atoms with van der Waals surface area (Å²) in [6.07, 6.45) is 7.11. The summed E-state index contributed by atoms with van der Waals surface area (Å²) in [5, 5.41) is 5.94. The molecule has 124 valence electrons. The maximum atomic E-state index is 12.2. The van der Waals surface area contributed by atoms with Gasteiger partial charge in [0, 0.05) is 7.05 Å². The molecule has 1 saturated carbocycles. The van der Waals surface area contributed by atoms with E-state index in [1.54, 1.807) is 7.05 Å². The minimum absolute atomic E-state index is 0.00555. The van der Waals surface area contributed by atoms with Crippen molar-refractivity contribution >= 4 is 23.0 Å². The van der Waals surface area contributed by atoms with E-state index >= 15 is 0 Å². The highest BCUT2D eigenvalue weighted by atomic mass is 16.4. The number of oxazole rings is 1. The normalized spacial score (nSPS) is 17.1. The van der Waals surface area contributed by atoms with Crippen LogP contribution in [0.2, 0.25) is 0 Å². The Morgan fingerprint density at radius 1 is 1.35 bits per heavy atom. The number of aromatic nitrogens is 1. The number of hydrogen-bond acceptors (Lipinski definition) is 4. The van der Waals surface area contributed by atoms with Gasteiger partial charge in [-0.15, -0.1) is 0 Å². The van der Waals surface area contributed by atoms with Gasteiger partial charge in [-0.1, -0.05) is 38.2 Å². The van der Waals surface area contributed by atoms with Crippen molar-refractivity contribution in [3.05, 3.63) is 23.8 Å². The van der Waals surface area contributed by atoms with Gasteiger partial charge in [0.1, 0.15) is 11.6 Å². The minimum atomic E-state index is -0.294. The van der Waals surface area contributed by atoms with Gasteiger partial charge < -0.3 is 15.1 Å². The summed E-state index contributed by atoms with van der Waals surface area (Å²) < 4.78 is 5.74. The summed E-state index contributed by atoms with van der Waals surface area (Å²) >= 11 is 0. The Labute approximate surface area is 136 Å². The molecule has 1 aromatic carbocycles. The maximum Gasteiger partial charge on any atom is 0.296 e. The summed E-state index contributed by atoms with van der Waals surface area (Å²) in [5.41, 5.74) is 2.70. The van der Waals surface area contributed by atoms with Gasteiger partial charge in [0.25, 0.3) is 6.01 Å². The van der Waals surface area contributed by atoms with E-state index in [-0.39, 0.29) is 11.9 Å². The van der Waals surface area contributed by atoms with Crippen LogP contribution in [0, 0.1) is 12.8 Å². The van der Waals surface area contributed by atoms with Crippen LogP contribution in [0.5, 0.6) is 0 Å². The molecule has 1 unspecified atom stereocenters. The summed E-state index contributed by atoms with van der Waals surface area (Å²) in [7, 11) is 1.67. The zero-order chi connectivity index (χ0) is 16.2. The van der Waals surface area contributed by atoms with Gasteiger partial charge in [0.05, 0.1) is 0 Å². The van der Waals surface area contributed by atoms with Crippen LogP contribution >= 0.6 is 0 Å². The molecule has 1 amide bonds. The van der Waals surface area contributed by atoms with Crippen molar-refractivity contribution in [1.29, 1.82) is 0 Å². The lowest BCUT2D eigenvalue weighted by molar-refractivity contribution is -0.121. The van der Waals surface area contributed by atoms with Crippen LogP contribution in [-0.4, -0.2) is 24.0 Å². The Balaban J connectivity index is 1.74. The highest BCUT2D eigenvalue weighted by molar-refractivity contribution is 5.84. The number of benzene rings is 1. The first kappa shape index (κ1) is 15.8. The molecule has 0 aliphatic heterocycles. The van der Waals surface area contributed by atoms with E-state index in [0.29, 0.717) is 11.9 Å². The SMILES string of the molecule is CNC(=O)C(CC1CCCCC1)Nc1nc2cc(C)ccc2o1. The third-order valence-corrected chi connectivity index (χ3v) is 4.70. The van der Waals surface area contributed by atoms with Crippen molar-refractivity contribution in [2.45, 2.75) is 51.5 Å². The second kappa shape index (κ2) is 7.02. The molecule has 0 spiro atoms. The van der Waals surface area contributed by atoms with Crippen LogP contribution < -0.4 is 10.6 Å². The summed E-state index contributed by atoms with van der Waals surface area (Å²) in [6, 6.07) is 6.03. The fraction of sp³-hybridized carbons (Fsp3) is 0.556. The molecule has 1 fully saturated rings. The Bertz CT molecular complexity index is 674. The molecule has 5 nitrogen and oxygen atoms in total. The van der Waals surface area contributed by atoms with Gasteiger partial charge >= 0.3 is 0 Å². The number of anilines is 1. The van der Waals surface area contributed by atoms with Crippen molar-refractivity contribution in [2.24, 2.45) is 5.92 Å². The lowest BCUT2D eigenvalue weighted by Crippen LogP contribution is -2.39. The standard InChI is InChI=1S/C18H25N3O2/c1-12-8-9-16-14(10-12)20-18(23-16)21-15(17(22)19-2)11-13-6-4-3-5-7-13/h8-10,13,15H,3-7,11H2,1-2H3,(H,19,22)(H,20,21). The third-order valence-electron chi connectivity index (χ3n) is 4.70. The van der Waals surface area contributed by atoms with E-state index in [1.165, 1.54) is 32.1 Å². The Hall–Kier alpha value is -2.04. The van der Waals surface area contributed by atoms with Gasteiger partial charge in [-0.3, -0.25) is 4.79 Å². The molecule has 1 aliphatic rings. The fourth-order valence-corrected chi connectivity index (χ4v) is 3.41. The second-order valence-corrected chi connectivity index (χ2v) is 6.54. The summed E-state index contributed by atoms with van der Waals surface area (Å²) in [5.74, 6) is 0.596. The first-order valence-electron chi connectivity index (χ1n) is 8.51. The first-order valence-corrected chi connectivity index (χ1v) is 8.51. The van der Waals surface area contributed by atoms with Gasteiger partial charge in [-0.2, -0.15) is 4.98 Å². The van der Waals surface area contributed by atoms with Crippen molar-refractivity contribution in [3.8, 4) is 0 Å². The number of rotatable bonds is 5. The molecule has 2 aromatic rings. The van der Waals surface area contributed by atoms with Crippen LogP contribution in [0.25, 0.3) is 11.1 Å². The van der Waals surface area contributed by atoms with Gasteiger partial charge in [-0.25, -0.2) is 0 Å². The number of fused-ring (bicyclic) bond motifs is 1. The van der Waals surface area contributed by atoms with Gasteiger partial charge in [0.2, 0.25) is 5.91 Å². The first-order chi connectivity index (χ1) is 11.2. The number of carbonyl (C=O) groups is 1. The number of likely N-dealkylation sites (N-methyl/N-ethyl adjacent to an activating group) is 1. The lowest BCUT2D eigenvalue weighted by atomic mass is 9.84. The molecule has 1 atom stereocenters. The number of nitrogens with zero attached hydrogens (tertiary/aromatic N) is 1. The van der Waals surface area contributed by atoms with Crippen LogP contribution in [0.4, 0.5) is 6.01 Å². The highest BCUT2D eigenvalue weighted by Crippen LogP contribution is 2.28. The number of nitrogens with one attached hydrogen (secondary N) is 2. The smallest absolute Gasteiger partial charge is 0.296 e. The van der Waals surface area contributed by atoms with E-state index in [4.69, 9.17) is 4.42 Å². The predicted molar refractivity (Wildman–Crippen MR) is 91.4 cm³/mol. The minimum Gasteiger partial charge on any atom is -0.424 e. The number of carbonyl (C=O) groups excluding carboxylic acids is 1. The maximum absolute atomic E-state index is 12.2. The molecule has 0 radical (unpaired) electrons. The molecule has 1 aromatic heterocycles. The molecule has 23 heavy (non-hydrogen) atoms. The highest BCUT2D eigenvalue weighted by Gasteiger charge is 2.25. The summed E-state index contributed by atoms with van der Waals surface area (Å²) in [6.45, 7) is 2.03. The zero-order valence-electron chi connectivity index (χ0n) is 13.9.